The smallest absolute Gasteiger partial charge is 0.167 e. The lowest BCUT2D eigenvalue weighted by molar-refractivity contribution is 0.0962. The second kappa shape index (κ2) is 3.64. The third kappa shape index (κ3) is 1.93. The molecule has 1 aliphatic rings. The summed E-state index contributed by atoms with van der Waals surface area (Å²) in [4.78, 5) is 12.0. The van der Waals surface area contributed by atoms with Crippen LogP contribution in [-0.2, 0) is 0 Å². The highest BCUT2D eigenvalue weighted by molar-refractivity contribution is 6.34. The van der Waals surface area contributed by atoms with Gasteiger partial charge in [0, 0.05) is 11.5 Å². The van der Waals surface area contributed by atoms with E-state index in [1.807, 2.05) is 26.0 Å². The fraction of sp³-hybridized carbons (Fsp3) is 0.462. The highest BCUT2D eigenvalue weighted by atomic mass is 35.5. The Morgan fingerprint density at radius 3 is 2.40 bits per heavy atom. The van der Waals surface area contributed by atoms with Crippen molar-refractivity contribution in [3.05, 3.63) is 33.8 Å². The Kier molecular flexibility index (Phi) is 2.59. The zero-order chi connectivity index (χ0) is 11.2. The van der Waals surface area contributed by atoms with Gasteiger partial charge < -0.3 is 0 Å². The van der Waals surface area contributed by atoms with Gasteiger partial charge in [-0.05, 0) is 49.4 Å². The van der Waals surface area contributed by atoms with E-state index in [2.05, 4.69) is 6.92 Å². The van der Waals surface area contributed by atoms with Crippen molar-refractivity contribution in [2.75, 3.05) is 0 Å². The molecule has 0 N–H and O–H groups in total. The first kappa shape index (κ1) is 10.7. The van der Waals surface area contributed by atoms with Gasteiger partial charge >= 0.3 is 0 Å². The Bertz CT molecular complexity index is 423. The normalized spacial score (nSPS) is 24.0. The maximum atomic E-state index is 12.0. The zero-order valence-corrected chi connectivity index (χ0v) is 10.1. The number of hydrogen-bond donors (Lipinski definition) is 0. The van der Waals surface area contributed by atoms with Crippen molar-refractivity contribution in [1.82, 2.24) is 0 Å². The number of halogens is 1. The van der Waals surface area contributed by atoms with E-state index in [1.165, 1.54) is 0 Å². The van der Waals surface area contributed by atoms with E-state index < -0.39 is 0 Å². The van der Waals surface area contributed by atoms with Crippen molar-refractivity contribution >= 4 is 17.4 Å². The third-order valence-electron chi connectivity index (χ3n) is 3.30. The van der Waals surface area contributed by atoms with E-state index in [1.54, 1.807) is 0 Å². The SMILES string of the molecule is Cc1cc(Cl)c(C(=O)C2CC2C)cc1C. The monoisotopic (exact) mass is 222 g/mol. The van der Waals surface area contributed by atoms with Crippen LogP contribution >= 0.6 is 11.6 Å². The average Bonchev–Trinajstić information content (AvgIpc) is 2.88. The summed E-state index contributed by atoms with van der Waals surface area (Å²) >= 11 is 6.10. The minimum atomic E-state index is 0.213. The molecule has 0 saturated heterocycles. The van der Waals surface area contributed by atoms with Crippen LogP contribution in [0, 0.1) is 25.7 Å². The van der Waals surface area contributed by atoms with Crippen LogP contribution in [-0.4, -0.2) is 5.78 Å². The molecule has 0 aliphatic heterocycles. The lowest BCUT2D eigenvalue weighted by atomic mass is 10.0. The summed E-state index contributed by atoms with van der Waals surface area (Å²) in [6, 6.07) is 3.81. The second-order valence-corrected chi connectivity index (χ2v) is 5.01. The summed E-state index contributed by atoms with van der Waals surface area (Å²) in [5.41, 5.74) is 2.98. The number of hydrogen-bond acceptors (Lipinski definition) is 1. The first-order valence-electron chi connectivity index (χ1n) is 5.31. The summed E-state index contributed by atoms with van der Waals surface area (Å²) in [5, 5.41) is 0.599. The maximum Gasteiger partial charge on any atom is 0.167 e. The molecule has 0 amide bonds. The highest BCUT2D eigenvalue weighted by Gasteiger charge is 2.40. The van der Waals surface area contributed by atoms with Gasteiger partial charge in [-0.15, -0.1) is 0 Å². The molecule has 0 aromatic heterocycles. The molecular formula is C13H15ClO. The van der Waals surface area contributed by atoms with E-state index in [-0.39, 0.29) is 11.7 Å². The Balaban J connectivity index is 2.36. The van der Waals surface area contributed by atoms with Gasteiger partial charge in [-0.2, -0.15) is 0 Å². The van der Waals surface area contributed by atoms with E-state index in [0.717, 1.165) is 17.5 Å². The van der Waals surface area contributed by atoms with Crippen LogP contribution in [0.15, 0.2) is 12.1 Å². The predicted octanol–water partition coefficient (Wildman–Crippen LogP) is 3.80. The molecule has 1 saturated carbocycles. The van der Waals surface area contributed by atoms with Crippen molar-refractivity contribution in [1.29, 1.82) is 0 Å². The van der Waals surface area contributed by atoms with Crippen LogP contribution in [0.1, 0.15) is 34.8 Å². The lowest BCUT2D eigenvalue weighted by Crippen LogP contribution is -2.04. The third-order valence-corrected chi connectivity index (χ3v) is 3.61. The number of rotatable bonds is 2. The maximum absolute atomic E-state index is 12.0. The van der Waals surface area contributed by atoms with Gasteiger partial charge in [-0.1, -0.05) is 18.5 Å². The summed E-state index contributed by atoms with van der Waals surface area (Å²) in [5.74, 6) is 0.968. The van der Waals surface area contributed by atoms with Gasteiger partial charge in [0.05, 0.1) is 5.02 Å². The van der Waals surface area contributed by atoms with Crippen molar-refractivity contribution in [3.63, 3.8) is 0 Å². The van der Waals surface area contributed by atoms with Gasteiger partial charge in [-0.25, -0.2) is 0 Å². The van der Waals surface area contributed by atoms with Crippen molar-refractivity contribution in [2.24, 2.45) is 11.8 Å². The summed E-state index contributed by atoms with van der Waals surface area (Å²) in [7, 11) is 0. The minimum absolute atomic E-state index is 0.213. The minimum Gasteiger partial charge on any atom is -0.294 e. The fourth-order valence-corrected chi connectivity index (χ4v) is 2.17. The summed E-state index contributed by atoms with van der Waals surface area (Å²) < 4.78 is 0. The molecule has 1 aliphatic carbocycles. The second-order valence-electron chi connectivity index (χ2n) is 4.60. The number of benzene rings is 1. The van der Waals surface area contributed by atoms with Crippen LogP contribution < -0.4 is 0 Å². The Labute approximate surface area is 95.4 Å². The molecule has 2 heteroatoms. The molecule has 0 radical (unpaired) electrons. The molecule has 1 aromatic rings. The van der Waals surface area contributed by atoms with E-state index in [4.69, 9.17) is 11.6 Å². The molecule has 80 valence electrons. The Morgan fingerprint density at radius 1 is 1.33 bits per heavy atom. The van der Waals surface area contributed by atoms with Crippen LogP contribution in [0.2, 0.25) is 5.02 Å². The van der Waals surface area contributed by atoms with Crippen LogP contribution in [0.4, 0.5) is 0 Å². The standard InChI is InChI=1S/C13H15ClO/c1-7-4-11(12(14)6-8(7)2)13(15)10-5-9(10)3/h4,6,9-10H,5H2,1-3H3. The molecule has 2 unspecified atom stereocenters. The lowest BCUT2D eigenvalue weighted by Gasteiger charge is -2.07. The largest absolute Gasteiger partial charge is 0.294 e. The molecule has 2 atom stereocenters. The van der Waals surface area contributed by atoms with Crippen LogP contribution in [0.5, 0.6) is 0 Å². The molecule has 1 fully saturated rings. The van der Waals surface area contributed by atoms with Gasteiger partial charge in [-0.3, -0.25) is 4.79 Å². The van der Waals surface area contributed by atoms with Crippen molar-refractivity contribution in [3.8, 4) is 0 Å². The van der Waals surface area contributed by atoms with Gasteiger partial charge in [0.15, 0.2) is 5.78 Å². The van der Waals surface area contributed by atoms with E-state index >= 15 is 0 Å². The van der Waals surface area contributed by atoms with E-state index in [9.17, 15) is 4.79 Å². The number of carbonyl (C=O) groups is 1. The Hall–Kier alpha value is -0.820. The Morgan fingerprint density at radius 2 is 1.87 bits per heavy atom. The van der Waals surface area contributed by atoms with Gasteiger partial charge in [0.25, 0.3) is 0 Å². The number of carbonyl (C=O) groups excluding carboxylic acids is 1. The molecule has 15 heavy (non-hydrogen) atoms. The summed E-state index contributed by atoms with van der Waals surface area (Å²) in [6.45, 7) is 6.13. The zero-order valence-electron chi connectivity index (χ0n) is 9.30. The predicted molar refractivity (Wildman–Crippen MR) is 62.5 cm³/mol. The van der Waals surface area contributed by atoms with Crippen LogP contribution in [0.25, 0.3) is 0 Å². The van der Waals surface area contributed by atoms with Gasteiger partial charge in [0.2, 0.25) is 0 Å². The molecule has 0 heterocycles. The molecule has 2 rings (SSSR count). The quantitative estimate of drug-likeness (QED) is 0.696. The first-order valence-corrected chi connectivity index (χ1v) is 5.69. The van der Waals surface area contributed by atoms with Crippen molar-refractivity contribution < 1.29 is 4.79 Å². The molecule has 0 spiro atoms. The van der Waals surface area contributed by atoms with Gasteiger partial charge in [0.1, 0.15) is 0 Å². The van der Waals surface area contributed by atoms with E-state index in [0.29, 0.717) is 16.5 Å². The number of aryl methyl sites for hydroxylation is 2. The molecular weight excluding hydrogens is 208 g/mol. The average molecular weight is 223 g/mol. The highest BCUT2D eigenvalue weighted by Crippen LogP contribution is 2.41. The topological polar surface area (TPSA) is 17.1 Å². The van der Waals surface area contributed by atoms with Crippen LogP contribution in [0.3, 0.4) is 0 Å². The summed E-state index contributed by atoms with van der Waals surface area (Å²) in [6.07, 6.45) is 1.02. The molecule has 1 nitrogen and oxygen atoms in total. The number of ketones is 1. The molecule has 1 aromatic carbocycles. The first-order chi connectivity index (χ1) is 7.00. The number of Topliss-reactive ketones (excluding diaryl/α,β-unsaturated/α-hetero) is 1. The molecule has 0 bridgehead atoms. The fourth-order valence-electron chi connectivity index (χ4n) is 1.86. The van der Waals surface area contributed by atoms with Crippen molar-refractivity contribution in [2.45, 2.75) is 27.2 Å².